The molecule has 0 fully saturated rings. The lowest BCUT2D eigenvalue weighted by Gasteiger charge is -2.11. The van der Waals surface area contributed by atoms with Gasteiger partial charge in [-0.05, 0) is 5.53 Å². The third-order valence-electron chi connectivity index (χ3n) is 2.58. The van der Waals surface area contributed by atoms with E-state index in [-0.39, 0.29) is 12.4 Å². The van der Waals surface area contributed by atoms with E-state index in [4.69, 9.17) is 26.5 Å². The number of carbonyl (C=O) groups excluding carboxylic acids is 1. The smallest absolute Gasteiger partial charge is 0.181 e. The second-order valence-corrected chi connectivity index (χ2v) is 4.18. The van der Waals surface area contributed by atoms with E-state index in [9.17, 15) is 4.79 Å². The first-order valence-electron chi connectivity index (χ1n) is 6.49. The number of benzene rings is 1. The van der Waals surface area contributed by atoms with Crippen molar-refractivity contribution in [2.45, 2.75) is 6.04 Å². The van der Waals surface area contributed by atoms with Crippen molar-refractivity contribution in [1.29, 1.82) is 0 Å². The fraction of sp³-hybridized carbons (Fsp3) is 0.462. The summed E-state index contributed by atoms with van der Waals surface area (Å²) >= 11 is 0. The molecule has 8 heteroatoms. The van der Waals surface area contributed by atoms with Crippen molar-refractivity contribution in [3.05, 3.63) is 40.3 Å². The lowest BCUT2D eigenvalue weighted by Crippen LogP contribution is -2.35. The van der Waals surface area contributed by atoms with Gasteiger partial charge in [-0.15, -0.1) is 0 Å². The Hall–Kier alpha value is -1.96. The third kappa shape index (κ3) is 6.35. The van der Waals surface area contributed by atoms with E-state index in [1.807, 2.05) is 0 Å². The Kier molecular flexibility index (Phi) is 8.03. The Morgan fingerprint density at radius 1 is 1.24 bits per heavy atom. The van der Waals surface area contributed by atoms with E-state index >= 15 is 0 Å². The van der Waals surface area contributed by atoms with Crippen LogP contribution in [0.2, 0.25) is 0 Å². The van der Waals surface area contributed by atoms with Crippen molar-refractivity contribution in [3.63, 3.8) is 0 Å². The predicted molar refractivity (Wildman–Crippen MR) is 78.2 cm³/mol. The van der Waals surface area contributed by atoms with Crippen molar-refractivity contribution < 1.29 is 14.3 Å². The molecule has 0 saturated heterocycles. The van der Waals surface area contributed by atoms with Gasteiger partial charge in [0.05, 0.1) is 32.5 Å². The van der Waals surface area contributed by atoms with Crippen LogP contribution in [0.1, 0.15) is 10.4 Å². The van der Waals surface area contributed by atoms with Crippen LogP contribution in [-0.2, 0) is 9.47 Å². The van der Waals surface area contributed by atoms with E-state index in [2.05, 4.69) is 10.0 Å². The molecule has 4 N–H and O–H groups in total. The maximum Gasteiger partial charge on any atom is 0.181 e. The highest BCUT2D eigenvalue weighted by atomic mass is 16.5. The van der Waals surface area contributed by atoms with E-state index in [1.54, 1.807) is 24.3 Å². The topological polar surface area (TPSA) is 136 Å². The number of ketones is 1. The molecule has 0 saturated carbocycles. The lowest BCUT2D eigenvalue weighted by molar-refractivity contribution is 0.0436. The molecule has 8 nitrogen and oxygen atoms in total. The van der Waals surface area contributed by atoms with Crippen LogP contribution in [-0.4, -0.2) is 44.8 Å². The quantitative estimate of drug-likeness (QED) is 0.219. The predicted octanol–water partition coefficient (Wildman–Crippen LogP) is 1.13. The Morgan fingerprint density at radius 2 is 1.90 bits per heavy atom. The normalized spacial score (nSPS) is 11.7. The average Bonchev–Trinajstić information content (AvgIpc) is 2.51. The Morgan fingerprint density at radius 3 is 2.52 bits per heavy atom. The number of carbonyl (C=O) groups is 1. The summed E-state index contributed by atoms with van der Waals surface area (Å²) in [7, 11) is 0. The highest BCUT2D eigenvalue weighted by molar-refractivity contribution is 6.00. The number of nitrogens with zero attached hydrogens (tertiary/aromatic N) is 3. The first-order valence-corrected chi connectivity index (χ1v) is 6.49. The highest BCUT2D eigenvalue weighted by Crippen LogP contribution is 2.14. The SMILES string of the molecule is [N-]=[N+]=Nc1ccc(C(=O)C(N)COCCOCCN)cc1. The zero-order chi connectivity index (χ0) is 15.5. The minimum Gasteiger partial charge on any atom is -0.378 e. The fourth-order valence-corrected chi connectivity index (χ4v) is 1.55. The van der Waals surface area contributed by atoms with Gasteiger partial charge in [0.1, 0.15) is 0 Å². The molecule has 0 aliphatic carbocycles. The van der Waals surface area contributed by atoms with Crippen LogP contribution < -0.4 is 11.5 Å². The minimum atomic E-state index is -0.746. The number of nitrogens with two attached hydrogens (primary N) is 2. The zero-order valence-corrected chi connectivity index (χ0v) is 11.6. The molecule has 0 amide bonds. The lowest BCUT2D eigenvalue weighted by atomic mass is 10.1. The van der Waals surface area contributed by atoms with Crippen molar-refractivity contribution in [3.8, 4) is 0 Å². The Labute approximate surface area is 122 Å². The maximum absolute atomic E-state index is 12.0. The van der Waals surface area contributed by atoms with Crippen LogP contribution >= 0.6 is 0 Å². The summed E-state index contributed by atoms with van der Waals surface area (Å²) in [5.74, 6) is -0.231. The van der Waals surface area contributed by atoms with Crippen LogP contribution in [0.5, 0.6) is 0 Å². The first-order chi connectivity index (χ1) is 10.2. The summed E-state index contributed by atoms with van der Waals surface area (Å²) < 4.78 is 10.4. The monoisotopic (exact) mass is 293 g/mol. The molecule has 0 radical (unpaired) electrons. The van der Waals surface area contributed by atoms with Crippen molar-refractivity contribution >= 4 is 11.5 Å². The molecular weight excluding hydrogens is 274 g/mol. The molecule has 114 valence electrons. The number of hydrogen-bond acceptors (Lipinski definition) is 6. The highest BCUT2D eigenvalue weighted by Gasteiger charge is 2.15. The molecule has 0 aromatic heterocycles. The van der Waals surface area contributed by atoms with Crippen LogP contribution in [0, 0.1) is 0 Å². The van der Waals surface area contributed by atoms with Crippen molar-refractivity contribution in [2.24, 2.45) is 16.6 Å². The number of azide groups is 1. The summed E-state index contributed by atoms with van der Waals surface area (Å²) in [6.07, 6.45) is 0. The number of ether oxygens (including phenoxy) is 2. The molecular formula is C13H19N5O3. The van der Waals surface area contributed by atoms with Crippen LogP contribution in [0.25, 0.3) is 10.4 Å². The molecule has 1 unspecified atom stereocenters. The van der Waals surface area contributed by atoms with Gasteiger partial charge in [0, 0.05) is 22.7 Å². The maximum atomic E-state index is 12.0. The van der Waals surface area contributed by atoms with Gasteiger partial charge < -0.3 is 20.9 Å². The Bertz CT molecular complexity index is 485. The van der Waals surface area contributed by atoms with Gasteiger partial charge in [-0.2, -0.15) is 0 Å². The molecule has 0 heterocycles. The Balaban J connectivity index is 2.37. The van der Waals surface area contributed by atoms with Gasteiger partial charge in [0.2, 0.25) is 0 Å². The van der Waals surface area contributed by atoms with E-state index in [0.717, 1.165) is 0 Å². The van der Waals surface area contributed by atoms with E-state index < -0.39 is 6.04 Å². The molecule has 1 aromatic carbocycles. The van der Waals surface area contributed by atoms with Gasteiger partial charge in [-0.1, -0.05) is 29.4 Å². The van der Waals surface area contributed by atoms with Crippen LogP contribution in [0.4, 0.5) is 5.69 Å². The number of rotatable bonds is 10. The molecule has 1 rings (SSSR count). The summed E-state index contributed by atoms with van der Waals surface area (Å²) in [5.41, 5.74) is 20.2. The van der Waals surface area contributed by atoms with E-state index in [0.29, 0.717) is 37.6 Å². The van der Waals surface area contributed by atoms with Gasteiger partial charge >= 0.3 is 0 Å². The standard InChI is InChI=1S/C13H19N5O3/c14-5-6-20-7-8-21-9-12(15)13(19)10-1-3-11(4-2-10)17-18-16/h1-4,12H,5-9,14-15H2. The van der Waals surface area contributed by atoms with Gasteiger partial charge in [-0.25, -0.2) is 0 Å². The van der Waals surface area contributed by atoms with Crippen LogP contribution in [0.3, 0.4) is 0 Å². The van der Waals surface area contributed by atoms with Gasteiger partial charge in [0.25, 0.3) is 0 Å². The van der Waals surface area contributed by atoms with E-state index in [1.165, 1.54) is 0 Å². The molecule has 0 aliphatic heterocycles. The molecule has 21 heavy (non-hydrogen) atoms. The zero-order valence-electron chi connectivity index (χ0n) is 11.6. The average molecular weight is 293 g/mol. The largest absolute Gasteiger partial charge is 0.378 e. The van der Waals surface area contributed by atoms with Gasteiger partial charge in [-0.3, -0.25) is 4.79 Å². The molecule has 1 atom stereocenters. The number of Topliss-reactive ketones (excluding diaryl/α,β-unsaturated/α-hetero) is 1. The number of hydrogen-bond donors (Lipinski definition) is 2. The fourth-order valence-electron chi connectivity index (χ4n) is 1.55. The van der Waals surface area contributed by atoms with Crippen molar-refractivity contribution in [2.75, 3.05) is 33.0 Å². The summed E-state index contributed by atoms with van der Waals surface area (Å²) in [6, 6.07) is 5.50. The second kappa shape index (κ2) is 9.87. The second-order valence-electron chi connectivity index (χ2n) is 4.18. The minimum absolute atomic E-state index is 0.114. The third-order valence-corrected chi connectivity index (χ3v) is 2.58. The van der Waals surface area contributed by atoms with Crippen LogP contribution in [0.15, 0.2) is 29.4 Å². The molecule has 0 bridgehead atoms. The summed E-state index contributed by atoms with van der Waals surface area (Å²) in [6.45, 7) is 1.83. The first kappa shape index (κ1) is 17.1. The summed E-state index contributed by atoms with van der Waals surface area (Å²) in [5, 5.41) is 3.43. The molecule has 0 aliphatic rings. The summed E-state index contributed by atoms with van der Waals surface area (Å²) in [4.78, 5) is 14.7. The van der Waals surface area contributed by atoms with Gasteiger partial charge in [0.15, 0.2) is 5.78 Å². The molecule has 0 spiro atoms. The van der Waals surface area contributed by atoms with Crippen molar-refractivity contribution in [1.82, 2.24) is 0 Å². The molecule has 1 aromatic rings.